The van der Waals surface area contributed by atoms with Crippen molar-refractivity contribution < 1.29 is 9.21 Å². The van der Waals surface area contributed by atoms with Gasteiger partial charge in [0, 0.05) is 5.69 Å². The molecule has 7 nitrogen and oxygen atoms in total. The van der Waals surface area contributed by atoms with E-state index in [0.717, 1.165) is 32.9 Å². The van der Waals surface area contributed by atoms with E-state index in [0.29, 0.717) is 21.7 Å². The summed E-state index contributed by atoms with van der Waals surface area (Å²) in [4.78, 5) is 30.0. The number of aryl methyl sites for hydroxylation is 3. The predicted octanol–water partition coefficient (Wildman–Crippen LogP) is 3.93. The van der Waals surface area contributed by atoms with Crippen LogP contribution in [0.25, 0.3) is 21.7 Å². The van der Waals surface area contributed by atoms with Gasteiger partial charge in [-0.25, -0.2) is 9.67 Å². The summed E-state index contributed by atoms with van der Waals surface area (Å²) in [5, 5.41) is 8.11. The van der Waals surface area contributed by atoms with Crippen molar-refractivity contribution in [2.75, 3.05) is 5.32 Å². The number of hydrogen-bond donors (Lipinski definition) is 1. The highest BCUT2D eigenvalue weighted by Crippen LogP contribution is 2.29. The van der Waals surface area contributed by atoms with Gasteiger partial charge in [-0.05, 0) is 43.5 Å². The maximum atomic E-state index is 12.9. The van der Waals surface area contributed by atoms with Gasteiger partial charge in [0.15, 0.2) is 11.3 Å². The van der Waals surface area contributed by atoms with Gasteiger partial charge in [-0.1, -0.05) is 25.1 Å². The molecule has 0 saturated carbocycles. The summed E-state index contributed by atoms with van der Waals surface area (Å²) >= 11 is 1.38. The summed E-state index contributed by atoms with van der Waals surface area (Å²) in [5.41, 5.74) is 3.21. The zero-order valence-corrected chi connectivity index (χ0v) is 17.2. The lowest BCUT2D eigenvalue weighted by molar-refractivity contribution is -0.117. The van der Waals surface area contributed by atoms with E-state index in [1.54, 1.807) is 18.4 Å². The van der Waals surface area contributed by atoms with Gasteiger partial charge in [-0.15, -0.1) is 11.3 Å². The number of carbonyl (C=O) groups excluding carboxylic acids is 1. The Bertz CT molecular complexity index is 1260. The van der Waals surface area contributed by atoms with E-state index < -0.39 is 5.56 Å². The molecule has 4 rings (SSSR count). The lowest BCUT2D eigenvalue weighted by Crippen LogP contribution is -2.30. The monoisotopic (exact) mass is 408 g/mol. The van der Waals surface area contributed by atoms with Crippen molar-refractivity contribution in [1.82, 2.24) is 14.8 Å². The summed E-state index contributed by atoms with van der Waals surface area (Å²) in [6, 6.07) is 9.41. The highest BCUT2D eigenvalue weighted by Gasteiger charge is 2.19. The van der Waals surface area contributed by atoms with Crippen LogP contribution in [0, 0.1) is 13.8 Å². The number of rotatable bonds is 5. The van der Waals surface area contributed by atoms with E-state index in [1.807, 2.05) is 39.0 Å². The minimum Gasteiger partial charge on any atom is -0.463 e. The fourth-order valence-electron chi connectivity index (χ4n) is 3.26. The van der Waals surface area contributed by atoms with Crippen molar-refractivity contribution in [2.24, 2.45) is 0 Å². The first-order valence-electron chi connectivity index (χ1n) is 9.28. The van der Waals surface area contributed by atoms with E-state index in [2.05, 4.69) is 15.4 Å². The molecule has 29 heavy (non-hydrogen) atoms. The van der Waals surface area contributed by atoms with E-state index in [9.17, 15) is 9.59 Å². The van der Waals surface area contributed by atoms with Gasteiger partial charge in [-0.3, -0.25) is 9.59 Å². The molecule has 8 heteroatoms. The smallest absolute Gasteiger partial charge is 0.294 e. The van der Waals surface area contributed by atoms with Crippen LogP contribution in [0.2, 0.25) is 0 Å². The van der Waals surface area contributed by atoms with Crippen molar-refractivity contribution in [3.63, 3.8) is 0 Å². The molecule has 0 aliphatic heterocycles. The summed E-state index contributed by atoms with van der Waals surface area (Å²) < 4.78 is 7.29. The largest absolute Gasteiger partial charge is 0.463 e. The first-order chi connectivity index (χ1) is 14.0. The van der Waals surface area contributed by atoms with Crippen molar-refractivity contribution in [2.45, 2.75) is 33.7 Å². The summed E-state index contributed by atoms with van der Waals surface area (Å²) in [6.45, 7) is 5.59. The zero-order valence-electron chi connectivity index (χ0n) is 16.4. The van der Waals surface area contributed by atoms with Crippen LogP contribution in [0.1, 0.15) is 23.1 Å². The van der Waals surface area contributed by atoms with Crippen LogP contribution in [0.3, 0.4) is 0 Å². The molecule has 0 unspecified atom stereocenters. The van der Waals surface area contributed by atoms with Crippen LogP contribution >= 0.6 is 11.3 Å². The Labute approximate surface area is 171 Å². The Morgan fingerprint density at radius 1 is 1.24 bits per heavy atom. The molecule has 1 amide bonds. The minimum absolute atomic E-state index is 0.212. The van der Waals surface area contributed by atoms with Gasteiger partial charge in [0.1, 0.15) is 12.2 Å². The molecule has 0 bridgehead atoms. The number of nitrogens with zero attached hydrogens (tertiary/aromatic N) is 3. The van der Waals surface area contributed by atoms with Gasteiger partial charge in [0.05, 0.1) is 16.0 Å². The quantitative estimate of drug-likeness (QED) is 0.540. The predicted molar refractivity (Wildman–Crippen MR) is 113 cm³/mol. The molecule has 0 aliphatic carbocycles. The third kappa shape index (κ3) is 3.58. The Morgan fingerprint density at radius 3 is 2.79 bits per heavy atom. The number of amides is 1. The molecule has 3 heterocycles. The molecule has 0 saturated heterocycles. The highest BCUT2D eigenvalue weighted by molar-refractivity contribution is 7.19. The number of hydrogen-bond acceptors (Lipinski definition) is 6. The van der Waals surface area contributed by atoms with Crippen LogP contribution in [-0.2, 0) is 17.8 Å². The van der Waals surface area contributed by atoms with Crippen molar-refractivity contribution in [1.29, 1.82) is 0 Å². The topological polar surface area (TPSA) is 90.0 Å². The summed E-state index contributed by atoms with van der Waals surface area (Å²) in [7, 11) is 0. The Hall–Kier alpha value is -3.26. The lowest BCUT2D eigenvalue weighted by atomic mass is 10.1. The minimum atomic E-state index is -0.393. The molecule has 3 aromatic heterocycles. The number of nitrogens with one attached hydrogen (secondary N) is 1. The number of aromatic nitrogens is 3. The SMILES string of the molecule is CCc1cccc(C)c1NC(=O)Cn1nc(-c2ccco2)c2sc(C)nc2c1=O. The molecule has 0 aliphatic rings. The molecular weight excluding hydrogens is 388 g/mol. The Kier molecular flexibility index (Phi) is 5.02. The molecule has 1 aromatic carbocycles. The Balaban J connectivity index is 1.73. The number of thiazole rings is 1. The first kappa shape index (κ1) is 19.1. The van der Waals surface area contributed by atoms with Crippen LogP contribution < -0.4 is 10.9 Å². The summed E-state index contributed by atoms with van der Waals surface area (Å²) in [6.07, 6.45) is 2.34. The van der Waals surface area contributed by atoms with E-state index >= 15 is 0 Å². The fourth-order valence-corrected chi connectivity index (χ4v) is 4.16. The molecule has 0 radical (unpaired) electrons. The van der Waals surface area contributed by atoms with Gasteiger partial charge in [0.2, 0.25) is 5.91 Å². The van der Waals surface area contributed by atoms with Crippen molar-refractivity contribution in [3.05, 3.63) is 63.1 Å². The van der Waals surface area contributed by atoms with Crippen LogP contribution in [0.4, 0.5) is 5.69 Å². The first-order valence-corrected chi connectivity index (χ1v) is 10.1. The standard InChI is InChI=1S/C21H20N4O3S/c1-4-14-8-5-7-12(2)17(14)23-16(26)11-25-21(27)19-20(29-13(3)22-19)18(24-25)15-9-6-10-28-15/h5-10H,4,11H2,1-3H3,(H,23,26). The molecule has 148 valence electrons. The van der Waals surface area contributed by atoms with Crippen molar-refractivity contribution >= 4 is 33.1 Å². The van der Waals surface area contributed by atoms with Gasteiger partial charge in [-0.2, -0.15) is 5.10 Å². The normalized spacial score (nSPS) is 11.1. The van der Waals surface area contributed by atoms with Gasteiger partial charge in [0.25, 0.3) is 5.56 Å². The van der Waals surface area contributed by atoms with E-state index in [1.165, 1.54) is 11.3 Å². The average Bonchev–Trinajstić information content (AvgIpc) is 3.35. The van der Waals surface area contributed by atoms with Gasteiger partial charge < -0.3 is 9.73 Å². The fraction of sp³-hybridized carbons (Fsp3) is 0.238. The number of para-hydroxylation sites is 1. The molecule has 1 N–H and O–H groups in total. The molecule has 4 aromatic rings. The van der Waals surface area contributed by atoms with Gasteiger partial charge >= 0.3 is 0 Å². The maximum Gasteiger partial charge on any atom is 0.294 e. The second kappa shape index (κ2) is 7.63. The van der Waals surface area contributed by atoms with E-state index in [4.69, 9.17) is 4.42 Å². The third-order valence-electron chi connectivity index (χ3n) is 4.66. The van der Waals surface area contributed by atoms with Crippen LogP contribution in [-0.4, -0.2) is 20.7 Å². The number of furan rings is 1. The van der Waals surface area contributed by atoms with Crippen molar-refractivity contribution in [3.8, 4) is 11.5 Å². The van der Waals surface area contributed by atoms with Crippen LogP contribution in [0.5, 0.6) is 0 Å². The highest BCUT2D eigenvalue weighted by atomic mass is 32.1. The molecule has 0 atom stereocenters. The average molecular weight is 408 g/mol. The Morgan fingerprint density at radius 2 is 2.07 bits per heavy atom. The zero-order chi connectivity index (χ0) is 20.5. The lowest BCUT2D eigenvalue weighted by Gasteiger charge is -2.13. The van der Waals surface area contributed by atoms with Crippen LogP contribution in [0.15, 0.2) is 45.8 Å². The molecule has 0 spiro atoms. The number of fused-ring (bicyclic) bond motifs is 1. The number of benzene rings is 1. The second-order valence-electron chi connectivity index (χ2n) is 6.71. The number of carbonyl (C=O) groups is 1. The molecule has 0 fully saturated rings. The van der Waals surface area contributed by atoms with E-state index in [-0.39, 0.29) is 12.5 Å². The third-order valence-corrected chi connectivity index (χ3v) is 5.64. The molecular formula is C21H20N4O3S. The maximum absolute atomic E-state index is 12.9. The second-order valence-corrected chi connectivity index (χ2v) is 7.91. The summed E-state index contributed by atoms with van der Waals surface area (Å²) in [5.74, 6) is 0.209. The number of anilines is 1.